The first-order valence-corrected chi connectivity index (χ1v) is 9.92. The van der Waals surface area contributed by atoms with Crippen LogP contribution >= 0.6 is 24.0 Å². The number of aromatic nitrogens is 1. The summed E-state index contributed by atoms with van der Waals surface area (Å²) in [5, 5.41) is 13.2. The maximum Gasteiger partial charge on any atom is 0.251 e. The summed E-state index contributed by atoms with van der Waals surface area (Å²) in [5.41, 5.74) is 1.79. The third-order valence-electron chi connectivity index (χ3n) is 4.77. The molecule has 0 radical (unpaired) electrons. The van der Waals surface area contributed by atoms with E-state index in [1.807, 2.05) is 6.07 Å². The van der Waals surface area contributed by atoms with Crippen LogP contribution in [0.4, 0.5) is 4.39 Å². The zero-order valence-electron chi connectivity index (χ0n) is 17.9. The number of carbonyl (C=O) groups is 1. The minimum atomic E-state index is -0.389. The molecular weight excluding hydrogens is 500 g/mol. The first-order chi connectivity index (χ1) is 14.0. The number of carbonyl (C=O) groups excluding carboxylic acids is 1. The van der Waals surface area contributed by atoms with Crippen LogP contribution in [-0.2, 0) is 6.54 Å². The fourth-order valence-corrected chi connectivity index (χ4v) is 2.90. The zero-order chi connectivity index (χ0) is 21.2. The molecule has 0 saturated heterocycles. The summed E-state index contributed by atoms with van der Waals surface area (Å²) >= 11 is 0. The van der Waals surface area contributed by atoms with Crippen molar-refractivity contribution in [3.8, 4) is 0 Å². The Bertz CT molecular complexity index is 837. The fourth-order valence-electron chi connectivity index (χ4n) is 2.90. The average Bonchev–Trinajstić information content (AvgIpc) is 3.19. The number of guanidine groups is 1. The van der Waals surface area contributed by atoms with Gasteiger partial charge < -0.3 is 20.5 Å². The van der Waals surface area contributed by atoms with Crippen LogP contribution in [0, 0.1) is 12.7 Å². The molecule has 2 rings (SSSR count). The Morgan fingerprint density at radius 1 is 1.17 bits per heavy atom. The second-order valence-corrected chi connectivity index (χ2v) is 6.80. The van der Waals surface area contributed by atoms with Gasteiger partial charge in [0.25, 0.3) is 5.91 Å². The number of amides is 1. The first kappa shape index (κ1) is 25.9. The lowest BCUT2D eigenvalue weighted by Gasteiger charge is -2.11. The molecule has 2 aromatic rings. The number of halogens is 2. The van der Waals surface area contributed by atoms with E-state index in [4.69, 9.17) is 4.52 Å². The van der Waals surface area contributed by atoms with Crippen molar-refractivity contribution >= 4 is 35.8 Å². The standard InChI is InChI=1S/C21H30FN5O2.HI/c1-5-15(6-2)19-12-17(29-27-19)13-26-21(23-4)25-10-9-24-20(28)16-8-7-14(3)18(22)11-16;/h7-8,11-12,15H,5-6,9-10,13H2,1-4H3,(H,24,28)(H2,23,25,26);1H. The Labute approximate surface area is 194 Å². The van der Waals surface area contributed by atoms with E-state index in [1.165, 1.54) is 6.07 Å². The van der Waals surface area contributed by atoms with Gasteiger partial charge in [-0.25, -0.2) is 4.39 Å². The number of aliphatic imine (C=N–C) groups is 1. The Balaban J connectivity index is 0.00000450. The highest BCUT2D eigenvalue weighted by atomic mass is 127. The molecule has 0 aliphatic heterocycles. The molecular formula is C21H31FIN5O2. The van der Waals surface area contributed by atoms with Crippen molar-refractivity contribution < 1.29 is 13.7 Å². The molecule has 0 aliphatic carbocycles. The fraction of sp³-hybridized carbons (Fsp3) is 0.476. The highest BCUT2D eigenvalue weighted by molar-refractivity contribution is 14.0. The number of nitrogens with zero attached hydrogens (tertiary/aromatic N) is 2. The Morgan fingerprint density at radius 2 is 1.87 bits per heavy atom. The third-order valence-corrected chi connectivity index (χ3v) is 4.77. The Kier molecular flexibility index (Phi) is 11.4. The number of benzene rings is 1. The first-order valence-electron chi connectivity index (χ1n) is 9.92. The summed E-state index contributed by atoms with van der Waals surface area (Å²) in [6.07, 6.45) is 2.06. The van der Waals surface area contributed by atoms with Crippen LogP contribution in [0.15, 0.2) is 33.8 Å². The summed E-state index contributed by atoms with van der Waals surface area (Å²) in [6, 6.07) is 6.41. The van der Waals surface area contributed by atoms with Crippen molar-refractivity contribution in [3.63, 3.8) is 0 Å². The zero-order valence-corrected chi connectivity index (χ0v) is 20.2. The molecule has 0 spiro atoms. The van der Waals surface area contributed by atoms with Gasteiger partial charge in [-0.15, -0.1) is 24.0 Å². The third kappa shape index (κ3) is 7.58. The number of rotatable bonds is 9. The largest absolute Gasteiger partial charge is 0.359 e. The molecule has 0 aliphatic rings. The summed E-state index contributed by atoms with van der Waals surface area (Å²) < 4.78 is 18.9. The van der Waals surface area contributed by atoms with Crippen LogP contribution in [0.1, 0.15) is 60.0 Å². The summed E-state index contributed by atoms with van der Waals surface area (Å²) in [4.78, 5) is 16.2. The van der Waals surface area contributed by atoms with Crippen molar-refractivity contribution in [3.05, 3.63) is 52.7 Å². The molecule has 1 aromatic heterocycles. The summed E-state index contributed by atoms with van der Waals surface area (Å²) in [6.45, 7) is 7.24. The molecule has 0 unspecified atom stereocenters. The molecule has 1 aromatic carbocycles. The lowest BCUT2D eigenvalue weighted by Crippen LogP contribution is -2.41. The van der Waals surface area contributed by atoms with E-state index in [-0.39, 0.29) is 35.7 Å². The molecule has 7 nitrogen and oxygen atoms in total. The molecule has 1 amide bonds. The lowest BCUT2D eigenvalue weighted by atomic mass is 9.99. The molecule has 30 heavy (non-hydrogen) atoms. The van der Waals surface area contributed by atoms with Gasteiger partial charge >= 0.3 is 0 Å². The summed E-state index contributed by atoms with van der Waals surface area (Å²) in [5.74, 6) is 1.03. The maximum absolute atomic E-state index is 13.6. The van der Waals surface area contributed by atoms with E-state index >= 15 is 0 Å². The molecule has 0 bridgehead atoms. The van der Waals surface area contributed by atoms with Gasteiger partial charge in [0, 0.05) is 37.7 Å². The van der Waals surface area contributed by atoms with Crippen molar-refractivity contribution in [2.75, 3.05) is 20.1 Å². The molecule has 9 heteroatoms. The predicted octanol–water partition coefficient (Wildman–Crippen LogP) is 3.74. The second kappa shape index (κ2) is 13.2. The highest BCUT2D eigenvalue weighted by Gasteiger charge is 2.13. The van der Waals surface area contributed by atoms with Crippen LogP contribution < -0.4 is 16.0 Å². The van der Waals surface area contributed by atoms with Crippen LogP contribution in [0.5, 0.6) is 0 Å². The number of aryl methyl sites for hydroxylation is 1. The number of hydrogen-bond donors (Lipinski definition) is 3. The normalized spacial score (nSPS) is 11.2. The highest BCUT2D eigenvalue weighted by Crippen LogP contribution is 2.22. The van der Waals surface area contributed by atoms with E-state index < -0.39 is 0 Å². The van der Waals surface area contributed by atoms with E-state index in [2.05, 4.69) is 39.9 Å². The Morgan fingerprint density at radius 3 is 2.50 bits per heavy atom. The van der Waals surface area contributed by atoms with E-state index in [9.17, 15) is 9.18 Å². The van der Waals surface area contributed by atoms with Gasteiger partial charge in [-0.3, -0.25) is 9.79 Å². The minimum absolute atomic E-state index is 0. The Hall–Kier alpha value is -2.17. The maximum atomic E-state index is 13.6. The topological polar surface area (TPSA) is 91.6 Å². The van der Waals surface area contributed by atoms with E-state index in [0.29, 0.717) is 42.6 Å². The van der Waals surface area contributed by atoms with Crippen LogP contribution in [0.25, 0.3) is 0 Å². The van der Waals surface area contributed by atoms with Crippen molar-refractivity contribution in [1.29, 1.82) is 0 Å². The molecule has 0 saturated carbocycles. The van der Waals surface area contributed by atoms with Crippen molar-refractivity contribution in [2.24, 2.45) is 4.99 Å². The van der Waals surface area contributed by atoms with E-state index in [0.717, 1.165) is 24.3 Å². The minimum Gasteiger partial charge on any atom is -0.359 e. The van der Waals surface area contributed by atoms with Gasteiger partial charge in [0.2, 0.25) is 0 Å². The van der Waals surface area contributed by atoms with Crippen LogP contribution in [-0.4, -0.2) is 37.2 Å². The van der Waals surface area contributed by atoms with Gasteiger partial charge in [0.05, 0.1) is 12.2 Å². The predicted molar refractivity (Wildman–Crippen MR) is 127 cm³/mol. The molecule has 0 atom stereocenters. The quantitative estimate of drug-likeness (QED) is 0.199. The lowest BCUT2D eigenvalue weighted by molar-refractivity contribution is 0.0954. The molecule has 0 fully saturated rings. The van der Waals surface area contributed by atoms with Gasteiger partial charge in [0.1, 0.15) is 5.82 Å². The van der Waals surface area contributed by atoms with Gasteiger partial charge in [0.15, 0.2) is 11.7 Å². The smallest absolute Gasteiger partial charge is 0.251 e. The molecule has 1 heterocycles. The second-order valence-electron chi connectivity index (χ2n) is 6.80. The SMILES string of the molecule is CCC(CC)c1cc(CNC(=NC)NCCNC(=O)c2ccc(C)c(F)c2)on1.I. The number of hydrogen-bond acceptors (Lipinski definition) is 4. The van der Waals surface area contributed by atoms with Gasteiger partial charge in [-0.05, 0) is 37.5 Å². The molecule has 166 valence electrons. The average molecular weight is 531 g/mol. The van der Waals surface area contributed by atoms with Crippen LogP contribution in [0.3, 0.4) is 0 Å². The summed E-state index contributed by atoms with van der Waals surface area (Å²) in [7, 11) is 1.67. The van der Waals surface area contributed by atoms with Crippen molar-refractivity contribution in [1.82, 2.24) is 21.1 Å². The van der Waals surface area contributed by atoms with Crippen molar-refractivity contribution in [2.45, 2.75) is 46.1 Å². The van der Waals surface area contributed by atoms with Gasteiger partial charge in [-0.1, -0.05) is 25.1 Å². The number of nitrogens with one attached hydrogen (secondary N) is 3. The monoisotopic (exact) mass is 531 g/mol. The van der Waals surface area contributed by atoms with Gasteiger partial charge in [-0.2, -0.15) is 0 Å². The van der Waals surface area contributed by atoms with E-state index in [1.54, 1.807) is 26.1 Å². The van der Waals surface area contributed by atoms with Crippen LogP contribution in [0.2, 0.25) is 0 Å². The molecule has 3 N–H and O–H groups in total.